The van der Waals surface area contributed by atoms with E-state index in [9.17, 15) is 4.79 Å². The van der Waals surface area contributed by atoms with E-state index < -0.39 is 0 Å². The lowest BCUT2D eigenvalue weighted by Crippen LogP contribution is -1.92. The minimum atomic E-state index is 0.107. The summed E-state index contributed by atoms with van der Waals surface area (Å²) < 4.78 is 0. The fourth-order valence-corrected chi connectivity index (χ4v) is 1.80. The molecule has 1 nitrogen and oxygen atoms in total. The molecule has 2 aromatic rings. The Bertz CT molecular complexity index is 541. The van der Waals surface area contributed by atoms with E-state index >= 15 is 0 Å². The summed E-state index contributed by atoms with van der Waals surface area (Å²) in [5, 5.41) is 0. The molecule has 0 N–H and O–H groups in total. The van der Waals surface area contributed by atoms with Crippen molar-refractivity contribution in [3.05, 3.63) is 59.7 Å². The van der Waals surface area contributed by atoms with Crippen LogP contribution < -0.4 is 0 Å². The van der Waals surface area contributed by atoms with Gasteiger partial charge in [0, 0.05) is 5.56 Å². The van der Waals surface area contributed by atoms with Crippen LogP contribution in [0, 0.1) is 6.92 Å². The monoisotopic (exact) mass is 254 g/mol. The van der Waals surface area contributed by atoms with Gasteiger partial charge in [-0.3, -0.25) is 4.79 Å². The number of ketones is 1. The fourth-order valence-electron chi connectivity index (χ4n) is 1.80. The van der Waals surface area contributed by atoms with Gasteiger partial charge in [-0.25, -0.2) is 0 Å². The van der Waals surface area contributed by atoms with E-state index in [2.05, 4.69) is 32.9 Å². The lowest BCUT2D eigenvalue weighted by molar-refractivity contribution is 0.101. The number of hydrogen-bond donors (Lipinski definition) is 0. The van der Waals surface area contributed by atoms with Crippen LogP contribution in [0.1, 0.15) is 43.1 Å². The molecule has 1 heteroatoms. The van der Waals surface area contributed by atoms with Gasteiger partial charge in [-0.1, -0.05) is 62.7 Å². The van der Waals surface area contributed by atoms with Crippen LogP contribution in [-0.2, 0) is 0 Å². The Morgan fingerprint density at radius 3 is 2.21 bits per heavy atom. The summed E-state index contributed by atoms with van der Waals surface area (Å²) >= 11 is 0. The zero-order chi connectivity index (χ0) is 14.3. The number of aryl methyl sites for hydroxylation is 1. The molecule has 0 aliphatic heterocycles. The Balaban J connectivity index is 0.000000550. The molecule has 0 atom stereocenters. The highest BCUT2D eigenvalue weighted by Crippen LogP contribution is 2.23. The van der Waals surface area contributed by atoms with Crippen LogP contribution in [0.15, 0.2) is 48.5 Å². The molecule has 2 rings (SSSR count). The molecule has 0 bridgehead atoms. The van der Waals surface area contributed by atoms with Crippen molar-refractivity contribution in [2.45, 2.75) is 34.1 Å². The molecule has 0 radical (unpaired) electrons. The first-order valence-electron chi connectivity index (χ1n) is 6.77. The van der Waals surface area contributed by atoms with E-state index in [4.69, 9.17) is 0 Å². The highest BCUT2D eigenvalue weighted by molar-refractivity contribution is 5.95. The summed E-state index contributed by atoms with van der Waals surface area (Å²) in [5.74, 6) is 0.107. The molecule has 0 spiro atoms. The van der Waals surface area contributed by atoms with Crippen LogP contribution in [0.2, 0.25) is 0 Å². The average molecular weight is 254 g/mol. The highest BCUT2D eigenvalue weighted by Gasteiger charge is 2.03. The number of Topliss-reactive ketones (excluding diaryl/α,β-unsaturated/α-hetero) is 1. The molecule has 100 valence electrons. The van der Waals surface area contributed by atoms with Crippen molar-refractivity contribution < 1.29 is 4.79 Å². The minimum Gasteiger partial charge on any atom is -0.295 e. The first-order valence-corrected chi connectivity index (χ1v) is 6.77. The second-order valence-corrected chi connectivity index (χ2v) is 4.66. The zero-order valence-electron chi connectivity index (χ0n) is 12.2. The first kappa shape index (κ1) is 15.2. The maximum absolute atomic E-state index is 11.3. The maximum Gasteiger partial charge on any atom is 0.159 e. The van der Waals surface area contributed by atoms with Gasteiger partial charge in [0.2, 0.25) is 0 Å². The molecule has 19 heavy (non-hydrogen) atoms. The Labute approximate surface area is 116 Å². The number of rotatable bonds is 2. The Morgan fingerprint density at radius 2 is 1.63 bits per heavy atom. The second-order valence-electron chi connectivity index (χ2n) is 4.66. The van der Waals surface area contributed by atoms with Crippen molar-refractivity contribution in [3.63, 3.8) is 0 Å². The molecule has 0 fully saturated rings. The average Bonchev–Trinajstić information content (AvgIpc) is 2.40. The van der Waals surface area contributed by atoms with Gasteiger partial charge in [0.15, 0.2) is 5.78 Å². The first-order chi connectivity index (χ1) is 9.10. The Hall–Kier alpha value is -1.89. The summed E-state index contributed by atoms with van der Waals surface area (Å²) in [6.07, 6.45) is 1.25. The van der Waals surface area contributed by atoms with Crippen LogP contribution in [-0.4, -0.2) is 5.78 Å². The van der Waals surface area contributed by atoms with Crippen molar-refractivity contribution >= 4 is 5.78 Å². The minimum absolute atomic E-state index is 0.107. The quantitative estimate of drug-likeness (QED) is 0.666. The molecule has 0 amide bonds. The molecule has 0 unspecified atom stereocenters. The number of hydrogen-bond acceptors (Lipinski definition) is 1. The van der Waals surface area contributed by atoms with Crippen LogP contribution in [0.25, 0.3) is 11.1 Å². The van der Waals surface area contributed by atoms with Crippen molar-refractivity contribution in [1.29, 1.82) is 0 Å². The third-order valence-corrected chi connectivity index (χ3v) is 2.73. The molecule has 0 saturated carbocycles. The van der Waals surface area contributed by atoms with Gasteiger partial charge in [0.05, 0.1) is 0 Å². The van der Waals surface area contributed by atoms with Gasteiger partial charge in [0.25, 0.3) is 0 Å². The lowest BCUT2D eigenvalue weighted by Gasteiger charge is -2.06. The molecule has 0 heterocycles. The van der Waals surface area contributed by atoms with Crippen LogP contribution in [0.4, 0.5) is 0 Å². The van der Waals surface area contributed by atoms with Gasteiger partial charge >= 0.3 is 0 Å². The van der Waals surface area contributed by atoms with Crippen molar-refractivity contribution in [2.75, 3.05) is 0 Å². The van der Waals surface area contributed by atoms with Gasteiger partial charge in [-0.05, 0) is 36.6 Å². The maximum atomic E-state index is 11.3. The predicted molar refractivity (Wildman–Crippen MR) is 82.6 cm³/mol. The Morgan fingerprint density at radius 1 is 1.00 bits per heavy atom. The molecule has 0 aliphatic rings. The van der Waals surface area contributed by atoms with Crippen molar-refractivity contribution in [3.8, 4) is 11.1 Å². The van der Waals surface area contributed by atoms with E-state index in [-0.39, 0.29) is 5.78 Å². The molecular formula is C18H22O. The number of carbonyl (C=O) groups is 1. The Kier molecular flexibility index (Phi) is 6.01. The second kappa shape index (κ2) is 7.52. The van der Waals surface area contributed by atoms with Crippen LogP contribution in [0.5, 0.6) is 0 Å². The molecule has 0 aromatic heterocycles. The van der Waals surface area contributed by atoms with Gasteiger partial charge in [0.1, 0.15) is 0 Å². The van der Waals surface area contributed by atoms with E-state index in [1.54, 1.807) is 6.92 Å². The van der Waals surface area contributed by atoms with E-state index in [1.165, 1.54) is 17.5 Å². The van der Waals surface area contributed by atoms with Gasteiger partial charge in [-0.15, -0.1) is 0 Å². The smallest absolute Gasteiger partial charge is 0.159 e. The van der Waals surface area contributed by atoms with Crippen molar-refractivity contribution in [2.24, 2.45) is 0 Å². The summed E-state index contributed by atoms with van der Waals surface area (Å²) in [6, 6.07) is 16.0. The third kappa shape index (κ3) is 4.36. The van der Waals surface area contributed by atoms with Crippen LogP contribution >= 0.6 is 0 Å². The molecular weight excluding hydrogens is 232 g/mol. The van der Waals surface area contributed by atoms with Gasteiger partial charge in [-0.2, -0.15) is 0 Å². The number of benzene rings is 2. The zero-order valence-corrected chi connectivity index (χ0v) is 12.2. The standard InChI is InChI=1S/C15H14O.C3H8/c1-11-6-3-4-9-15(11)14-8-5-7-13(10-14)12(2)16;1-3-2/h3-10H,1-2H3;3H2,1-2H3. The van der Waals surface area contributed by atoms with Crippen LogP contribution in [0.3, 0.4) is 0 Å². The SMILES string of the molecule is CC(=O)c1cccc(-c2ccccc2C)c1.CCC. The van der Waals surface area contributed by atoms with E-state index in [0.717, 1.165) is 11.1 Å². The third-order valence-electron chi connectivity index (χ3n) is 2.73. The van der Waals surface area contributed by atoms with E-state index in [0.29, 0.717) is 0 Å². The summed E-state index contributed by atoms with van der Waals surface area (Å²) in [7, 11) is 0. The summed E-state index contributed by atoms with van der Waals surface area (Å²) in [4.78, 5) is 11.3. The lowest BCUT2D eigenvalue weighted by atomic mass is 9.98. The number of carbonyl (C=O) groups excluding carboxylic acids is 1. The normalized spacial score (nSPS) is 9.47. The fraction of sp³-hybridized carbons (Fsp3) is 0.278. The molecule has 0 saturated heterocycles. The molecule has 2 aromatic carbocycles. The predicted octanol–water partition coefficient (Wildman–Crippen LogP) is 5.28. The molecule has 0 aliphatic carbocycles. The highest BCUT2D eigenvalue weighted by atomic mass is 16.1. The van der Waals surface area contributed by atoms with Gasteiger partial charge < -0.3 is 0 Å². The largest absolute Gasteiger partial charge is 0.295 e. The summed E-state index contributed by atoms with van der Waals surface area (Å²) in [6.45, 7) is 7.92. The van der Waals surface area contributed by atoms with E-state index in [1.807, 2.05) is 36.4 Å². The van der Waals surface area contributed by atoms with Crippen molar-refractivity contribution in [1.82, 2.24) is 0 Å². The summed E-state index contributed by atoms with van der Waals surface area (Å²) in [5.41, 5.74) is 4.28. The topological polar surface area (TPSA) is 17.1 Å².